The molecule has 10 heavy (non-hydrogen) atoms. The second kappa shape index (κ2) is 4.98. The van der Waals surface area contributed by atoms with Crippen LogP contribution in [0.3, 0.4) is 0 Å². The summed E-state index contributed by atoms with van der Waals surface area (Å²) < 4.78 is 0. The first kappa shape index (κ1) is 9.15. The fraction of sp³-hybridized carbons (Fsp3) is 0.444. The number of aliphatic imine (C=N–C) groups is 1. The van der Waals surface area contributed by atoms with Crippen LogP contribution in [0, 0.1) is 0 Å². The molecule has 1 heteroatoms. The van der Waals surface area contributed by atoms with Crippen molar-refractivity contribution in [2.45, 2.75) is 27.2 Å². The van der Waals surface area contributed by atoms with Gasteiger partial charge in [0.05, 0.1) is 0 Å². The molecule has 0 saturated heterocycles. The number of rotatable bonds is 3. The van der Waals surface area contributed by atoms with E-state index in [0.29, 0.717) is 0 Å². The molecule has 0 amide bonds. The van der Waals surface area contributed by atoms with Gasteiger partial charge in [-0.05, 0) is 20.8 Å². The number of hydrogen-bond donors (Lipinski definition) is 0. The molecule has 0 unspecified atom stereocenters. The standard InChI is InChI=1S/C9H15N/c1-5-7-9(8(3)4)10-6-2/h5-6H,1,7H2,2-4H3. The Bertz CT molecular complexity index is 160. The van der Waals surface area contributed by atoms with E-state index < -0.39 is 0 Å². The topological polar surface area (TPSA) is 12.4 Å². The Morgan fingerprint density at radius 2 is 2.10 bits per heavy atom. The first-order chi connectivity index (χ1) is 4.72. The predicted molar refractivity (Wildman–Crippen MR) is 47.4 cm³/mol. The quantitative estimate of drug-likeness (QED) is 0.419. The molecule has 0 saturated carbocycles. The van der Waals surface area contributed by atoms with Crippen LogP contribution in [-0.4, -0.2) is 6.21 Å². The van der Waals surface area contributed by atoms with Crippen molar-refractivity contribution in [1.29, 1.82) is 0 Å². The van der Waals surface area contributed by atoms with Gasteiger partial charge in [-0.15, -0.1) is 6.58 Å². The highest BCUT2D eigenvalue weighted by atomic mass is 14.7. The average Bonchev–Trinajstić information content (AvgIpc) is 1.87. The van der Waals surface area contributed by atoms with E-state index in [2.05, 4.69) is 25.4 Å². The van der Waals surface area contributed by atoms with Gasteiger partial charge in [-0.2, -0.15) is 0 Å². The van der Waals surface area contributed by atoms with Crippen molar-refractivity contribution in [3.05, 3.63) is 23.9 Å². The summed E-state index contributed by atoms with van der Waals surface area (Å²) in [5, 5.41) is 0. The van der Waals surface area contributed by atoms with Crippen molar-refractivity contribution in [2.75, 3.05) is 0 Å². The maximum Gasteiger partial charge on any atom is 0.0423 e. The van der Waals surface area contributed by atoms with Crippen LogP contribution in [0.25, 0.3) is 0 Å². The Balaban J connectivity index is 4.26. The minimum Gasteiger partial charge on any atom is -0.266 e. The van der Waals surface area contributed by atoms with Gasteiger partial charge in [0.2, 0.25) is 0 Å². The zero-order valence-corrected chi connectivity index (χ0v) is 7.02. The second-order valence-electron chi connectivity index (χ2n) is 2.33. The Hall–Kier alpha value is -0.850. The summed E-state index contributed by atoms with van der Waals surface area (Å²) in [6.45, 7) is 9.70. The van der Waals surface area contributed by atoms with E-state index in [9.17, 15) is 0 Å². The number of hydrogen-bond acceptors (Lipinski definition) is 1. The maximum atomic E-state index is 4.20. The molecule has 1 nitrogen and oxygen atoms in total. The first-order valence-corrected chi connectivity index (χ1v) is 3.48. The van der Waals surface area contributed by atoms with Gasteiger partial charge in [0.15, 0.2) is 0 Å². The lowest BCUT2D eigenvalue weighted by molar-refractivity contribution is 1.10. The lowest BCUT2D eigenvalue weighted by Crippen LogP contribution is -1.80. The smallest absolute Gasteiger partial charge is 0.0423 e. The average molecular weight is 137 g/mol. The monoisotopic (exact) mass is 137 g/mol. The molecule has 0 rings (SSSR count). The van der Waals surface area contributed by atoms with E-state index >= 15 is 0 Å². The molecule has 0 N–H and O–H groups in total. The molecule has 0 aliphatic carbocycles. The molecule has 0 bridgehead atoms. The van der Waals surface area contributed by atoms with Crippen molar-refractivity contribution in [3.8, 4) is 0 Å². The molecule has 0 aliphatic rings. The van der Waals surface area contributed by atoms with Gasteiger partial charge < -0.3 is 0 Å². The summed E-state index contributed by atoms with van der Waals surface area (Å²) in [6.07, 6.45) is 4.55. The fourth-order valence-corrected chi connectivity index (χ4v) is 0.678. The molecule has 0 spiro atoms. The predicted octanol–water partition coefficient (Wildman–Crippen LogP) is 2.95. The Morgan fingerprint density at radius 1 is 1.50 bits per heavy atom. The van der Waals surface area contributed by atoms with Crippen molar-refractivity contribution in [3.63, 3.8) is 0 Å². The summed E-state index contributed by atoms with van der Waals surface area (Å²) >= 11 is 0. The molecule has 0 heterocycles. The summed E-state index contributed by atoms with van der Waals surface area (Å²) in [5.74, 6) is 0. The molecule has 0 aromatic rings. The van der Waals surface area contributed by atoms with Gasteiger partial charge in [-0.1, -0.05) is 11.6 Å². The Kier molecular flexibility index (Phi) is 4.55. The molecular formula is C9H15N. The Labute approximate surface area is 63.2 Å². The highest BCUT2D eigenvalue weighted by Crippen LogP contribution is 2.08. The molecule has 0 aliphatic heterocycles. The second-order valence-corrected chi connectivity index (χ2v) is 2.33. The van der Waals surface area contributed by atoms with Crippen molar-refractivity contribution < 1.29 is 0 Å². The third kappa shape index (κ3) is 3.23. The lowest BCUT2D eigenvalue weighted by Gasteiger charge is -1.98. The molecule has 0 fully saturated rings. The van der Waals surface area contributed by atoms with Gasteiger partial charge in [0.1, 0.15) is 0 Å². The lowest BCUT2D eigenvalue weighted by atomic mass is 10.2. The zero-order valence-electron chi connectivity index (χ0n) is 7.02. The van der Waals surface area contributed by atoms with Crippen LogP contribution in [0.1, 0.15) is 27.2 Å². The van der Waals surface area contributed by atoms with E-state index in [0.717, 1.165) is 12.1 Å². The third-order valence-electron chi connectivity index (χ3n) is 1.20. The third-order valence-corrected chi connectivity index (χ3v) is 1.20. The van der Waals surface area contributed by atoms with Gasteiger partial charge in [0, 0.05) is 18.3 Å². The Morgan fingerprint density at radius 3 is 2.40 bits per heavy atom. The largest absolute Gasteiger partial charge is 0.266 e. The van der Waals surface area contributed by atoms with Crippen LogP contribution in [0.5, 0.6) is 0 Å². The zero-order chi connectivity index (χ0) is 7.98. The van der Waals surface area contributed by atoms with Crippen LogP contribution in [0.15, 0.2) is 28.9 Å². The summed E-state index contributed by atoms with van der Waals surface area (Å²) in [4.78, 5) is 4.20. The molecule has 56 valence electrons. The van der Waals surface area contributed by atoms with Crippen LogP contribution < -0.4 is 0 Å². The van der Waals surface area contributed by atoms with E-state index in [4.69, 9.17) is 0 Å². The van der Waals surface area contributed by atoms with E-state index in [1.807, 2.05) is 19.2 Å². The molecule has 0 radical (unpaired) electrons. The van der Waals surface area contributed by atoms with Crippen molar-refractivity contribution in [2.24, 2.45) is 4.99 Å². The fourth-order valence-electron chi connectivity index (χ4n) is 0.678. The normalized spacial score (nSPS) is 9.90. The van der Waals surface area contributed by atoms with Crippen molar-refractivity contribution in [1.82, 2.24) is 0 Å². The number of allylic oxidation sites excluding steroid dienone is 2. The molecule has 0 aromatic carbocycles. The van der Waals surface area contributed by atoms with E-state index in [-0.39, 0.29) is 0 Å². The van der Waals surface area contributed by atoms with Crippen LogP contribution >= 0.6 is 0 Å². The minimum absolute atomic E-state index is 0.868. The highest BCUT2D eigenvalue weighted by molar-refractivity contribution is 5.55. The van der Waals surface area contributed by atoms with Crippen LogP contribution in [0.4, 0.5) is 0 Å². The summed E-state index contributed by atoms with van der Waals surface area (Å²) in [7, 11) is 0. The van der Waals surface area contributed by atoms with Crippen molar-refractivity contribution >= 4 is 6.21 Å². The number of nitrogens with zero attached hydrogens (tertiary/aromatic N) is 1. The molecule has 0 aromatic heterocycles. The minimum atomic E-state index is 0.868. The summed E-state index contributed by atoms with van der Waals surface area (Å²) in [5.41, 5.74) is 2.38. The van der Waals surface area contributed by atoms with E-state index in [1.165, 1.54) is 5.57 Å². The van der Waals surface area contributed by atoms with Gasteiger partial charge in [0.25, 0.3) is 0 Å². The highest BCUT2D eigenvalue weighted by Gasteiger charge is 1.90. The van der Waals surface area contributed by atoms with E-state index in [1.54, 1.807) is 0 Å². The van der Waals surface area contributed by atoms with Gasteiger partial charge >= 0.3 is 0 Å². The van der Waals surface area contributed by atoms with Gasteiger partial charge in [-0.3, -0.25) is 4.99 Å². The SMILES string of the molecule is C=CCC(N=CC)=C(C)C. The van der Waals surface area contributed by atoms with Gasteiger partial charge in [-0.25, -0.2) is 0 Å². The molecular weight excluding hydrogens is 122 g/mol. The summed E-state index contributed by atoms with van der Waals surface area (Å²) in [6, 6.07) is 0. The van der Waals surface area contributed by atoms with Crippen LogP contribution in [0.2, 0.25) is 0 Å². The maximum absolute atomic E-state index is 4.20. The first-order valence-electron chi connectivity index (χ1n) is 3.48. The molecule has 0 atom stereocenters. The van der Waals surface area contributed by atoms with Crippen LogP contribution in [-0.2, 0) is 0 Å².